The molecule has 17 heavy (non-hydrogen) atoms. The summed E-state index contributed by atoms with van der Waals surface area (Å²) < 4.78 is 0. The maximum atomic E-state index is 7.00. The second-order valence-corrected chi connectivity index (χ2v) is 3.12. The molecule has 1 aromatic rings. The average Bonchev–Trinajstić information content (AvgIpc) is 2.55. The molecule has 102 valence electrons. The average molecular weight is 323 g/mol. The van der Waals surface area contributed by atoms with E-state index in [-0.39, 0.29) is 26.2 Å². The summed E-state index contributed by atoms with van der Waals surface area (Å²) >= 11 is 0. The van der Waals surface area contributed by atoms with Crippen LogP contribution in [0, 0.1) is 34.6 Å². The predicted octanol–water partition coefficient (Wildman–Crippen LogP) is 1.77. The van der Waals surface area contributed by atoms with Crippen LogP contribution in [0.4, 0.5) is 0 Å². The topological polar surface area (TPSA) is 60.7 Å². The van der Waals surface area contributed by atoms with Gasteiger partial charge in [-0.05, 0) is 0 Å². The van der Waals surface area contributed by atoms with E-state index in [0.717, 1.165) is 21.3 Å². The van der Waals surface area contributed by atoms with Crippen molar-refractivity contribution in [2.45, 2.75) is 34.6 Å². The zero-order valence-corrected chi connectivity index (χ0v) is 14.8. The largest absolute Gasteiger partial charge is 0.400 e. The van der Waals surface area contributed by atoms with Gasteiger partial charge >= 0.3 is 0 Å². The van der Waals surface area contributed by atoms with Gasteiger partial charge in [-0.25, -0.2) is 0 Å². The van der Waals surface area contributed by atoms with E-state index in [1.54, 1.807) is 0 Å². The van der Waals surface area contributed by atoms with Crippen molar-refractivity contribution in [1.29, 1.82) is 0 Å². The van der Waals surface area contributed by atoms with Crippen LogP contribution in [0.2, 0.25) is 0 Å². The van der Waals surface area contributed by atoms with E-state index in [9.17, 15) is 0 Å². The van der Waals surface area contributed by atoms with Crippen molar-refractivity contribution in [1.82, 2.24) is 0 Å². The number of hydrogen-bond donors (Lipinski definition) is 3. The summed E-state index contributed by atoms with van der Waals surface area (Å²) in [5.41, 5.74) is 7.34. The molecule has 0 radical (unpaired) electrons. The fraction of sp³-hybridized carbons (Fsp3) is 0.615. The minimum atomic E-state index is 0. The second-order valence-electron chi connectivity index (χ2n) is 3.12. The zero-order chi connectivity index (χ0) is 13.9. The summed E-state index contributed by atoms with van der Waals surface area (Å²) in [7, 11) is 3.00. The van der Waals surface area contributed by atoms with E-state index in [4.69, 9.17) is 15.3 Å². The summed E-state index contributed by atoms with van der Waals surface area (Å²) in [6, 6.07) is 0. The zero-order valence-electron chi connectivity index (χ0n) is 12.3. The summed E-state index contributed by atoms with van der Waals surface area (Å²) in [6.45, 7) is 11.0. The fourth-order valence-electron chi connectivity index (χ4n) is 1.41. The molecular formula is C13H27O3Zr-. The van der Waals surface area contributed by atoms with Gasteiger partial charge < -0.3 is 15.3 Å². The van der Waals surface area contributed by atoms with Crippen LogP contribution in [0.5, 0.6) is 0 Å². The van der Waals surface area contributed by atoms with E-state index in [2.05, 4.69) is 34.6 Å². The molecule has 3 N–H and O–H groups in total. The Morgan fingerprint density at radius 1 is 0.647 bits per heavy atom. The molecule has 0 unspecified atom stereocenters. The van der Waals surface area contributed by atoms with Crippen molar-refractivity contribution in [3.63, 3.8) is 0 Å². The van der Waals surface area contributed by atoms with Crippen LogP contribution >= 0.6 is 0 Å². The monoisotopic (exact) mass is 321 g/mol. The van der Waals surface area contributed by atoms with E-state index in [1.807, 2.05) is 0 Å². The first-order valence-electron chi connectivity index (χ1n) is 5.09. The van der Waals surface area contributed by atoms with Gasteiger partial charge in [0, 0.05) is 47.5 Å². The Labute approximate surface area is 125 Å². The van der Waals surface area contributed by atoms with Crippen LogP contribution in [-0.2, 0) is 26.2 Å². The molecule has 0 saturated carbocycles. The molecule has 0 aliphatic carbocycles. The van der Waals surface area contributed by atoms with Gasteiger partial charge in [-0.15, -0.1) is 0 Å². The molecule has 0 aliphatic rings. The van der Waals surface area contributed by atoms with Crippen LogP contribution in [0.25, 0.3) is 0 Å². The third-order valence-electron chi connectivity index (χ3n) is 2.81. The van der Waals surface area contributed by atoms with Crippen LogP contribution in [0.1, 0.15) is 27.8 Å². The Balaban J connectivity index is -0.000000106. The standard InChI is InChI=1S/C10H15.3CH4O.Zr/c1-6-7(2)9(4)10(5)8(6)3;3*1-2;/h1-5H3;3*2H,1H3;/q-1;;;;. The third kappa shape index (κ3) is 7.93. The molecule has 0 fully saturated rings. The molecule has 0 heterocycles. The Morgan fingerprint density at radius 2 is 0.824 bits per heavy atom. The Bertz CT molecular complexity index is 188. The normalized spacial score (nSPS) is 7.24. The second kappa shape index (κ2) is 16.1. The van der Waals surface area contributed by atoms with Gasteiger partial charge in [-0.2, -0.15) is 27.8 Å². The van der Waals surface area contributed by atoms with E-state index in [1.165, 1.54) is 27.8 Å². The van der Waals surface area contributed by atoms with Crippen molar-refractivity contribution in [3.05, 3.63) is 27.8 Å². The van der Waals surface area contributed by atoms with Crippen molar-refractivity contribution in [3.8, 4) is 0 Å². The Hall–Kier alpha value is 0.113. The molecule has 0 spiro atoms. The van der Waals surface area contributed by atoms with E-state index >= 15 is 0 Å². The van der Waals surface area contributed by atoms with Crippen LogP contribution in [0.15, 0.2) is 0 Å². The molecular weight excluding hydrogens is 295 g/mol. The van der Waals surface area contributed by atoms with Crippen LogP contribution in [0.3, 0.4) is 0 Å². The van der Waals surface area contributed by atoms with Crippen LogP contribution in [-0.4, -0.2) is 36.6 Å². The van der Waals surface area contributed by atoms with Gasteiger partial charge in [0.05, 0.1) is 0 Å². The molecule has 0 bridgehead atoms. The number of hydrogen-bond acceptors (Lipinski definition) is 3. The molecule has 1 rings (SSSR count). The summed E-state index contributed by atoms with van der Waals surface area (Å²) in [4.78, 5) is 0. The van der Waals surface area contributed by atoms with Gasteiger partial charge in [0.1, 0.15) is 0 Å². The number of aliphatic hydroxyl groups is 3. The van der Waals surface area contributed by atoms with Crippen molar-refractivity contribution in [2.75, 3.05) is 21.3 Å². The molecule has 0 aliphatic heterocycles. The first-order valence-corrected chi connectivity index (χ1v) is 5.09. The molecule has 0 amide bonds. The first kappa shape index (κ1) is 25.8. The molecule has 1 aromatic carbocycles. The molecule has 3 nitrogen and oxygen atoms in total. The molecule has 0 saturated heterocycles. The Morgan fingerprint density at radius 3 is 0.882 bits per heavy atom. The van der Waals surface area contributed by atoms with Gasteiger partial charge in [-0.1, -0.05) is 34.6 Å². The van der Waals surface area contributed by atoms with Gasteiger partial charge in [0.25, 0.3) is 0 Å². The summed E-state index contributed by atoms with van der Waals surface area (Å²) in [5.74, 6) is 0. The van der Waals surface area contributed by atoms with E-state index < -0.39 is 0 Å². The van der Waals surface area contributed by atoms with Gasteiger partial charge in [0.15, 0.2) is 0 Å². The summed E-state index contributed by atoms with van der Waals surface area (Å²) in [6.07, 6.45) is 0. The first-order chi connectivity index (χ1) is 7.55. The number of rotatable bonds is 0. The third-order valence-corrected chi connectivity index (χ3v) is 2.81. The number of aliphatic hydroxyl groups excluding tert-OH is 3. The minimum Gasteiger partial charge on any atom is -0.400 e. The van der Waals surface area contributed by atoms with Crippen LogP contribution < -0.4 is 0 Å². The quantitative estimate of drug-likeness (QED) is 0.638. The fourth-order valence-corrected chi connectivity index (χ4v) is 1.41. The van der Waals surface area contributed by atoms with Crippen molar-refractivity contribution >= 4 is 0 Å². The SMILES string of the molecule is CO.CO.CO.Cc1c(C)c(C)[c-](C)c1C.[Zr]. The molecule has 4 heteroatoms. The molecule has 0 aromatic heterocycles. The minimum absolute atomic E-state index is 0. The van der Waals surface area contributed by atoms with Crippen molar-refractivity contribution < 1.29 is 41.5 Å². The van der Waals surface area contributed by atoms with E-state index in [0.29, 0.717) is 0 Å². The van der Waals surface area contributed by atoms with Gasteiger partial charge in [0.2, 0.25) is 0 Å². The maximum Gasteiger partial charge on any atom is 0.0319 e. The maximum absolute atomic E-state index is 7.00. The predicted molar refractivity (Wildman–Crippen MR) is 70.1 cm³/mol. The smallest absolute Gasteiger partial charge is 0.0319 e. The molecule has 0 atom stereocenters. The summed E-state index contributed by atoms with van der Waals surface area (Å²) in [5, 5.41) is 21.0. The van der Waals surface area contributed by atoms with Crippen molar-refractivity contribution in [2.24, 2.45) is 0 Å². The van der Waals surface area contributed by atoms with Gasteiger partial charge in [-0.3, -0.25) is 0 Å². The Kier molecular flexibility index (Phi) is 24.5.